The zero-order valence-electron chi connectivity index (χ0n) is 24.8. The highest BCUT2D eigenvalue weighted by atomic mass is 19.1. The molecule has 42 heavy (non-hydrogen) atoms. The number of anilines is 1. The summed E-state index contributed by atoms with van der Waals surface area (Å²) in [4.78, 5) is 30.6. The number of pyridine rings is 1. The Morgan fingerprint density at radius 3 is 2.71 bits per heavy atom. The van der Waals surface area contributed by atoms with Gasteiger partial charge in [-0.25, -0.2) is 28.5 Å². The summed E-state index contributed by atoms with van der Waals surface area (Å²) in [7, 11) is 0. The Morgan fingerprint density at radius 2 is 1.90 bits per heavy atom. The summed E-state index contributed by atoms with van der Waals surface area (Å²) in [5, 5.41) is 6.95. The third kappa shape index (κ3) is 8.81. The largest absolute Gasteiger partial charge is 0.379 e. The topological polar surface area (TPSA) is 117 Å². The van der Waals surface area contributed by atoms with Crippen molar-refractivity contribution in [3.63, 3.8) is 0 Å². The number of nitrogens with zero attached hydrogens (tertiary/aromatic N) is 4. The quantitative estimate of drug-likeness (QED) is 0.196. The van der Waals surface area contributed by atoms with Gasteiger partial charge in [0.25, 0.3) is 0 Å². The Kier molecular flexibility index (Phi) is 11.8. The second-order valence-electron chi connectivity index (χ2n) is 11.0. The predicted molar refractivity (Wildman–Crippen MR) is 158 cm³/mol. The number of aromatic nitrogens is 4. The van der Waals surface area contributed by atoms with Gasteiger partial charge in [-0.15, -0.1) is 0 Å². The third-order valence-corrected chi connectivity index (χ3v) is 7.47. The summed E-state index contributed by atoms with van der Waals surface area (Å²) in [5.41, 5.74) is 1.04. The fourth-order valence-electron chi connectivity index (χ4n) is 5.29. The molecule has 230 valence electrons. The van der Waals surface area contributed by atoms with Gasteiger partial charge in [-0.05, 0) is 71.8 Å². The van der Waals surface area contributed by atoms with Crippen LogP contribution in [0.2, 0.25) is 0 Å². The van der Waals surface area contributed by atoms with E-state index in [1.807, 2.05) is 25.7 Å². The SMILES string of the molecule is CCOCCOCCCCCN(C(=O)N[C@H]1CCC[C@@H](Nc2nc(-c3c[nH]c4ncc(F)cc34)ncc2F)C1)C(C)C. The van der Waals surface area contributed by atoms with Crippen LogP contribution >= 0.6 is 0 Å². The van der Waals surface area contributed by atoms with Gasteiger partial charge in [0.15, 0.2) is 17.5 Å². The van der Waals surface area contributed by atoms with Crippen molar-refractivity contribution in [1.29, 1.82) is 0 Å². The van der Waals surface area contributed by atoms with E-state index in [0.29, 0.717) is 56.0 Å². The van der Waals surface area contributed by atoms with E-state index in [1.54, 1.807) is 6.20 Å². The van der Waals surface area contributed by atoms with E-state index < -0.39 is 11.6 Å². The number of fused-ring (bicyclic) bond motifs is 1. The van der Waals surface area contributed by atoms with Crippen molar-refractivity contribution in [2.75, 3.05) is 38.3 Å². The molecule has 2 atom stereocenters. The van der Waals surface area contributed by atoms with E-state index in [2.05, 4.69) is 30.6 Å². The lowest BCUT2D eigenvalue weighted by Gasteiger charge is -2.34. The molecule has 0 saturated heterocycles. The Balaban J connectivity index is 1.28. The molecule has 3 N–H and O–H groups in total. The first-order valence-corrected chi connectivity index (χ1v) is 15.0. The summed E-state index contributed by atoms with van der Waals surface area (Å²) in [6.45, 7) is 9.32. The lowest BCUT2D eigenvalue weighted by atomic mass is 9.91. The molecule has 12 heteroatoms. The second kappa shape index (κ2) is 15.7. The van der Waals surface area contributed by atoms with Gasteiger partial charge in [0, 0.05) is 55.0 Å². The van der Waals surface area contributed by atoms with Crippen molar-refractivity contribution in [1.82, 2.24) is 30.2 Å². The van der Waals surface area contributed by atoms with Gasteiger partial charge in [0.05, 0.1) is 25.6 Å². The van der Waals surface area contributed by atoms with Crippen molar-refractivity contribution in [2.45, 2.75) is 83.8 Å². The molecular formula is C30H43F2N7O3. The molecule has 1 aliphatic carbocycles. The van der Waals surface area contributed by atoms with Crippen LogP contribution in [0.25, 0.3) is 22.4 Å². The minimum Gasteiger partial charge on any atom is -0.379 e. The van der Waals surface area contributed by atoms with Crippen molar-refractivity contribution in [3.05, 3.63) is 36.3 Å². The van der Waals surface area contributed by atoms with Crippen LogP contribution in [0, 0.1) is 11.6 Å². The Hall–Kier alpha value is -3.38. The van der Waals surface area contributed by atoms with Crippen molar-refractivity contribution in [3.8, 4) is 11.4 Å². The standard InChI is InChI=1S/C30H43F2N7O3/c1-4-41-13-14-42-12-7-5-6-11-39(20(2)3)30(40)37-23-10-8-9-22(16-23)36-29-26(32)19-35-28(38-29)25-18-34-27-24(25)15-21(31)17-33-27/h15,17-20,22-23H,4-14,16H2,1-3H3,(H,33,34)(H,37,40)(H,35,36,38)/t22-,23+/m1/s1. The molecule has 3 heterocycles. The maximum Gasteiger partial charge on any atom is 0.317 e. The van der Waals surface area contributed by atoms with Crippen LogP contribution in [-0.4, -0.2) is 82.0 Å². The zero-order valence-corrected chi connectivity index (χ0v) is 24.8. The average Bonchev–Trinajstić information content (AvgIpc) is 3.38. The maximum atomic E-state index is 14.8. The van der Waals surface area contributed by atoms with Gasteiger partial charge in [-0.2, -0.15) is 0 Å². The smallest absolute Gasteiger partial charge is 0.317 e. The number of rotatable bonds is 15. The number of carbonyl (C=O) groups excluding carboxylic acids is 1. The number of halogens is 2. The highest BCUT2D eigenvalue weighted by Gasteiger charge is 2.27. The molecule has 1 fully saturated rings. The summed E-state index contributed by atoms with van der Waals surface area (Å²) in [6, 6.07) is 1.25. The number of ether oxygens (including phenoxy) is 2. The zero-order chi connectivity index (χ0) is 29.9. The van der Waals surface area contributed by atoms with E-state index in [-0.39, 0.29) is 35.8 Å². The van der Waals surface area contributed by atoms with E-state index in [9.17, 15) is 13.6 Å². The number of nitrogens with one attached hydrogen (secondary N) is 3. The van der Waals surface area contributed by atoms with Crippen LogP contribution < -0.4 is 10.6 Å². The number of amides is 2. The fraction of sp³-hybridized carbons (Fsp3) is 0.600. The van der Waals surface area contributed by atoms with Crippen LogP contribution in [0.4, 0.5) is 19.4 Å². The molecule has 4 rings (SSSR count). The molecule has 0 bridgehead atoms. The minimum absolute atomic E-state index is 0.0317. The van der Waals surface area contributed by atoms with E-state index in [0.717, 1.165) is 50.9 Å². The van der Waals surface area contributed by atoms with Gasteiger partial charge in [-0.3, -0.25) is 0 Å². The van der Waals surface area contributed by atoms with Gasteiger partial charge < -0.3 is 30.0 Å². The summed E-state index contributed by atoms with van der Waals surface area (Å²) in [6.07, 6.45) is 9.95. The predicted octanol–water partition coefficient (Wildman–Crippen LogP) is 5.66. The molecule has 0 radical (unpaired) electrons. The Morgan fingerprint density at radius 1 is 1.10 bits per heavy atom. The Bertz CT molecular complexity index is 1290. The first-order valence-electron chi connectivity index (χ1n) is 15.0. The van der Waals surface area contributed by atoms with Crippen LogP contribution in [0.5, 0.6) is 0 Å². The van der Waals surface area contributed by atoms with E-state index in [1.165, 1.54) is 6.07 Å². The van der Waals surface area contributed by atoms with Gasteiger partial charge in [0.1, 0.15) is 11.5 Å². The number of aromatic amines is 1. The summed E-state index contributed by atoms with van der Waals surface area (Å²) in [5.74, 6) is -0.697. The number of unbranched alkanes of at least 4 members (excludes halogenated alkanes) is 2. The first-order chi connectivity index (χ1) is 20.4. The van der Waals surface area contributed by atoms with Crippen LogP contribution in [-0.2, 0) is 9.47 Å². The van der Waals surface area contributed by atoms with E-state index >= 15 is 0 Å². The van der Waals surface area contributed by atoms with E-state index in [4.69, 9.17) is 9.47 Å². The van der Waals surface area contributed by atoms with Crippen LogP contribution in [0.3, 0.4) is 0 Å². The van der Waals surface area contributed by atoms with Crippen molar-refractivity contribution < 1.29 is 23.0 Å². The lowest BCUT2D eigenvalue weighted by molar-refractivity contribution is 0.0511. The van der Waals surface area contributed by atoms with Gasteiger partial charge >= 0.3 is 6.03 Å². The highest BCUT2D eigenvalue weighted by Crippen LogP contribution is 2.28. The van der Waals surface area contributed by atoms with Gasteiger partial charge in [-0.1, -0.05) is 0 Å². The molecule has 1 saturated carbocycles. The lowest BCUT2D eigenvalue weighted by Crippen LogP contribution is -2.50. The van der Waals surface area contributed by atoms with Crippen LogP contribution in [0.1, 0.15) is 65.7 Å². The molecule has 0 aromatic carbocycles. The average molecular weight is 588 g/mol. The molecule has 10 nitrogen and oxygen atoms in total. The molecule has 3 aromatic rings. The minimum atomic E-state index is -0.570. The molecule has 0 aliphatic heterocycles. The van der Waals surface area contributed by atoms with Gasteiger partial charge in [0.2, 0.25) is 0 Å². The molecule has 1 aliphatic rings. The number of carbonyl (C=O) groups is 1. The summed E-state index contributed by atoms with van der Waals surface area (Å²) < 4.78 is 39.4. The monoisotopic (exact) mass is 587 g/mol. The second-order valence-corrected chi connectivity index (χ2v) is 11.0. The highest BCUT2D eigenvalue weighted by molar-refractivity contribution is 5.91. The first kappa shape index (κ1) is 31.6. The molecule has 2 amide bonds. The third-order valence-electron chi connectivity index (χ3n) is 7.47. The Labute approximate surface area is 246 Å². The van der Waals surface area contributed by atoms with Crippen molar-refractivity contribution in [2.24, 2.45) is 0 Å². The number of H-pyrrole nitrogens is 1. The number of urea groups is 1. The van der Waals surface area contributed by atoms with Crippen molar-refractivity contribution >= 4 is 22.9 Å². The summed E-state index contributed by atoms with van der Waals surface area (Å²) >= 11 is 0. The number of hydrogen-bond donors (Lipinski definition) is 3. The molecule has 3 aromatic heterocycles. The number of hydrogen-bond acceptors (Lipinski definition) is 7. The fourth-order valence-corrected chi connectivity index (χ4v) is 5.29. The molecule has 0 unspecified atom stereocenters. The molecular weight excluding hydrogens is 544 g/mol. The molecule has 0 spiro atoms. The normalized spacial score (nSPS) is 17.1. The van der Waals surface area contributed by atoms with Crippen LogP contribution in [0.15, 0.2) is 24.7 Å². The maximum absolute atomic E-state index is 14.8.